The lowest BCUT2D eigenvalue weighted by molar-refractivity contribution is 0.253. The van der Waals surface area contributed by atoms with Crippen molar-refractivity contribution in [3.05, 3.63) is 22.4 Å². The number of halogens is 1. The molecule has 1 unspecified atom stereocenters. The predicted octanol–water partition coefficient (Wildman–Crippen LogP) is 4.19. The van der Waals surface area contributed by atoms with Crippen molar-refractivity contribution in [1.29, 1.82) is 0 Å². The molecule has 0 amide bonds. The minimum atomic E-state index is 0.239. The Kier molecular flexibility index (Phi) is 3.81. The Hall–Kier alpha value is -0.0100. The molecule has 1 atom stereocenters. The molecule has 74 valence electrons. The van der Waals surface area contributed by atoms with E-state index in [1.165, 1.54) is 5.56 Å². The quantitative estimate of drug-likeness (QED) is 0.663. The zero-order chi connectivity index (χ0) is 9.90. The molecule has 0 spiro atoms. The summed E-state index contributed by atoms with van der Waals surface area (Å²) in [5, 5.41) is 4.34. The van der Waals surface area contributed by atoms with Gasteiger partial charge in [-0.1, -0.05) is 20.8 Å². The molecule has 0 saturated heterocycles. The summed E-state index contributed by atoms with van der Waals surface area (Å²) in [5.41, 5.74) is 1.66. The lowest BCUT2D eigenvalue weighted by Gasteiger charge is -2.31. The molecule has 2 heteroatoms. The molecule has 0 fully saturated rings. The highest BCUT2D eigenvalue weighted by Crippen LogP contribution is 2.33. The largest absolute Gasteiger partial charge is 0.152 e. The van der Waals surface area contributed by atoms with Gasteiger partial charge in [-0.25, -0.2) is 0 Å². The average molecular weight is 217 g/mol. The summed E-state index contributed by atoms with van der Waals surface area (Å²) < 4.78 is 0. The summed E-state index contributed by atoms with van der Waals surface area (Å²) in [4.78, 5) is 0. The molecular weight excluding hydrogens is 200 g/mol. The maximum atomic E-state index is 6.02. The Morgan fingerprint density at radius 2 is 2.23 bits per heavy atom. The predicted molar refractivity (Wildman–Crippen MR) is 61.7 cm³/mol. The van der Waals surface area contributed by atoms with Gasteiger partial charge in [0.2, 0.25) is 0 Å². The normalized spacial score (nSPS) is 16.1. The van der Waals surface area contributed by atoms with E-state index in [9.17, 15) is 0 Å². The van der Waals surface area contributed by atoms with Crippen molar-refractivity contribution in [2.75, 3.05) is 5.88 Å². The van der Waals surface area contributed by atoms with Crippen LogP contribution in [-0.2, 0) is 6.42 Å². The van der Waals surface area contributed by atoms with Crippen LogP contribution < -0.4 is 0 Å². The molecular formula is C11H17ClS. The van der Waals surface area contributed by atoms with Crippen molar-refractivity contribution in [2.24, 2.45) is 11.3 Å². The molecule has 0 N–H and O–H groups in total. The molecule has 13 heavy (non-hydrogen) atoms. The summed E-state index contributed by atoms with van der Waals surface area (Å²) in [5.74, 6) is 1.37. The second-order valence-corrected chi connectivity index (χ2v) is 5.30. The Labute approximate surface area is 89.9 Å². The number of hydrogen-bond acceptors (Lipinski definition) is 1. The molecule has 0 aliphatic rings. The van der Waals surface area contributed by atoms with E-state index in [0.717, 1.165) is 12.3 Å². The van der Waals surface area contributed by atoms with E-state index in [2.05, 4.69) is 37.6 Å². The molecule has 0 aliphatic heterocycles. The fraction of sp³-hybridized carbons (Fsp3) is 0.636. The van der Waals surface area contributed by atoms with Crippen molar-refractivity contribution in [3.63, 3.8) is 0 Å². The fourth-order valence-electron chi connectivity index (χ4n) is 1.27. The first-order valence-corrected chi connectivity index (χ1v) is 6.13. The van der Waals surface area contributed by atoms with Gasteiger partial charge in [0.15, 0.2) is 0 Å². The number of hydrogen-bond donors (Lipinski definition) is 0. The Morgan fingerprint density at radius 3 is 2.62 bits per heavy atom. The van der Waals surface area contributed by atoms with Crippen LogP contribution in [0.1, 0.15) is 26.3 Å². The minimum absolute atomic E-state index is 0.239. The van der Waals surface area contributed by atoms with E-state index >= 15 is 0 Å². The highest BCUT2D eigenvalue weighted by Gasteiger charge is 2.27. The third kappa shape index (κ3) is 2.72. The van der Waals surface area contributed by atoms with Gasteiger partial charge in [0.1, 0.15) is 0 Å². The minimum Gasteiger partial charge on any atom is -0.152 e. The maximum absolute atomic E-state index is 6.02. The average Bonchev–Trinajstić information content (AvgIpc) is 2.56. The van der Waals surface area contributed by atoms with E-state index in [1.54, 1.807) is 11.3 Å². The Bertz CT molecular complexity index is 241. The van der Waals surface area contributed by atoms with Crippen LogP contribution in [0.25, 0.3) is 0 Å². The SMILES string of the molecule is CC(C)C(C)(CCl)Cc1ccsc1. The van der Waals surface area contributed by atoms with Gasteiger partial charge in [0.05, 0.1) is 0 Å². The highest BCUT2D eigenvalue weighted by atomic mass is 35.5. The zero-order valence-corrected chi connectivity index (χ0v) is 10.1. The maximum Gasteiger partial charge on any atom is 0.0282 e. The van der Waals surface area contributed by atoms with E-state index in [1.807, 2.05) is 0 Å². The van der Waals surface area contributed by atoms with Gasteiger partial charge in [0, 0.05) is 5.88 Å². The van der Waals surface area contributed by atoms with Gasteiger partial charge < -0.3 is 0 Å². The summed E-state index contributed by atoms with van der Waals surface area (Å²) in [7, 11) is 0. The molecule has 1 aromatic rings. The van der Waals surface area contributed by atoms with E-state index < -0.39 is 0 Å². The summed E-state index contributed by atoms with van der Waals surface area (Å²) in [6, 6.07) is 2.19. The van der Waals surface area contributed by atoms with Crippen LogP contribution in [0.5, 0.6) is 0 Å². The van der Waals surface area contributed by atoms with Crippen molar-refractivity contribution < 1.29 is 0 Å². The second-order valence-electron chi connectivity index (χ2n) is 4.25. The molecule has 1 aromatic heterocycles. The van der Waals surface area contributed by atoms with Gasteiger partial charge in [0.25, 0.3) is 0 Å². The summed E-state index contributed by atoms with van der Waals surface area (Å²) in [6.07, 6.45) is 1.09. The lowest BCUT2D eigenvalue weighted by Crippen LogP contribution is -2.27. The monoisotopic (exact) mass is 216 g/mol. The molecule has 0 radical (unpaired) electrons. The number of rotatable bonds is 4. The van der Waals surface area contributed by atoms with Gasteiger partial charge in [-0.15, -0.1) is 11.6 Å². The molecule has 0 aliphatic carbocycles. The van der Waals surface area contributed by atoms with Crippen LogP contribution in [-0.4, -0.2) is 5.88 Å². The van der Waals surface area contributed by atoms with Crippen LogP contribution in [0, 0.1) is 11.3 Å². The third-order valence-electron chi connectivity index (χ3n) is 2.89. The van der Waals surface area contributed by atoms with E-state index in [4.69, 9.17) is 11.6 Å². The van der Waals surface area contributed by atoms with Crippen molar-refractivity contribution in [3.8, 4) is 0 Å². The third-order valence-corrected chi connectivity index (χ3v) is 4.23. The highest BCUT2D eigenvalue weighted by molar-refractivity contribution is 7.07. The summed E-state index contributed by atoms with van der Waals surface area (Å²) in [6.45, 7) is 6.76. The Morgan fingerprint density at radius 1 is 1.54 bits per heavy atom. The van der Waals surface area contributed by atoms with Crippen molar-refractivity contribution >= 4 is 22.9 Å². The van der Waals surface area contributed by atoms with Crippen LogP contribution in [0.3, 0.4) is 0 Å². The molecule has 0 aromatic carbocycles. The van der Waals surface area contributed by atoms with Crippen LogP contribution in [0.4, 0.5) is 0 Å². The van der Waals surface area contributed by atoms with Crippen LogP contribution in [0.2, 0.25) is 0 Å². The molecule has 1 heterocycles. The number of alkyl halides is 1. The molecule has 0 bridgehead atoms. The summed E-state index contributed by atoms with van der Waals surface area (Å²) >= 11 is 7.78. The van der Waals surface area contributed by atoms with Crippen molar-refractivity contribution in [2.45, 2.75) is 27.2 Å². The Balaban J connectivity index is 2.69. The zero-order valence-electron chi connectivity index (χ0n) is 8.51. The van der Waals surface area contributed by atoms with Crippen LogP contribution in [0.15, 0.2) is 16.8 Å². The fourth-order valence-corrected chi connectivity index (χ4v) is 2.34. The first-order chi connectivity index (χ1) is 6.08. The van der Waals surface area contributed by atoms with Crippen LogP contribution >= 0.6 is 22.9 Å². The molecule has 0 nitrogen and oxygen atoms in total. The van der Waals surface area contributed by atoms with Gasteiger partial charge in [-0.3, -0.25) is 0 Å². The lowest BCUT2D eigenvalue weighted by atomic mass is 9.76. The van der Waals surface area contributed by atoms with Crippen molar-refractivity contribution in [1.82, 2.24) is 0 Å². The topological polar surface area (TPSA) is 0 Å². The van der Waals surface area contributed by atoms with Gasteiger partial charge in [-0.2, -0.15) is 11.3 Å². The standard InChI is InChI=1S/C11H17ClS/c1-9(2)11(3,8-12)6-10-4-5-13-7-10/h4-5,7,9H,6,8H2,1-3H3. The molecule has 0 saturated carbocycles. The van der Waals surface area contributed by atoms with E-state index in [-0.39, 0.29) is 5.41 Å². The number of thiophene rings is 1. The van der Waals surface area contributed by atoms with Gasteiger partial charge >= 0.3 is 0 Å². The first-order valence-electron chi connectivity index (χ1n) is 4.65. The van der Waals surface area contributed by atoms with E-state index in [0.29, 0.717) is 5.92 Å². The first kappa shape index (κ1) is 11.1. The smallest absolute Gasteiger partial charge is 0.0282 e. The second kappa shape index (κ2) is 4.47. The van der Waals surface area contributed by atoms with Gasteiger partial charge in [-0.05, 0) is 40.1 Å². The molecule has 1 rings (SSSR count).